The molecule has 2 aliphatic heterocycles. The maximum absolute atomic E-state index is 13.8. The number of amides is 2. The van der Waals surface area contributed by atoms with Gasteiger partial charge < -0.3 is 9.64 Å². The molecular weight excluding hydrogens is 412 g/mol. The molecule has 2 aromatic carbocycles. The molecule has 0 bridgehead atoms. The fraction of sp³-hybridized carbons (Fsp3) is 0.360. The number of carbonyl (C=O) groups excluding carboxylic acids is 2. The zero-order valence-corrected chi connectivity index (χ0v) is 19.3. The topological polar surface area (TPSA) is 49.9 Å². The number of benzene rings is 2. The van der Waals surface area contributed by atoms with E-state index in [-0.39, 0.29) is 24.0 Å². The van der Waals surface area contributed by atoms with Gasteiger partial charge >= 0.3 is 0 Å². The van der Waals surface area contributed by atoms with Crippen LogP contribution in [0.3, 0.4) is 0 Å². The van der Waals surface area contributed by atoms with E-state index in [1.807, 2.05) is 57.7 Å². The van der Waals surface area contributed by atoms with Crippen molar-refractivity contribution in [3.8, 4) is 0 Å². The molecule has 0 radical (unpaired) electrons. The van der Waals surface area contributed by atoms with Crippen molar-refractivity contribution >= 4 is 34.7 Å². The van der Waals surface area contributed by atoms with Crippen molar-refractivity contribution in [3.63, 3.8) is 0 Å². The second-order valence-corrected chi connectivity index (χ2v) is 9.02. The molecule has 1 fully saturated rings. The highest BCUT2D eigenvalue weighted by atomic mass is 35.5. The third kappa shape index (κ3) is 3.88. The van der Waals surface area contributed by atoms with Crippen molar-refractivity contribution in [3.05, 3.63) is 69.4 Å². The monoisotopic (exact) mass is 438 g/mol. The van der Waals surface area contributed by atoms with Crippen LogP contribution in [0.2, 0.25) is 5.02 Å². The quantitative estimate of drug-likeness (QED) is 0.654. The van der Waals surface area contributed by atoms with E-state index in [9.17, 15) is 9.59 Å². The summed E-state index contributed by atoms with van der Waals surface area (Å²) in [5.41, 5.74) is 5.12. The van der Waals surface area contributed by atoms with Crippen LogP contribution in [0, 0.1) is 20.8 Å². The Balaban J connectivity index is 1.89. The minimum Gasteiger partial charge on any atom is -0.372 e. The number of ether oxygens (including phenoxy) is 1. The van der Waals surface area contributed by atoms with Gasteiger partial charge in [0, 0.05) is 18.1 Å². The van der Waals surface area contributed by atoms with Gasteiger partial charge in [-0.3, -0.25) is 9.59 Å². The van der Waals surface area contributed by atoms with Gasteiger partial charge in [-0.15, -0.1) is 0 Å². The standard InChI is InChI=1S/C25H27ClN2O3/c1-14-6-8-20(15(2)10-14)22-23(27-12-17(4)31-18(5)13-27)25(30)28(24(22)29)21-9-7-19(26)11-16(21)3/h6-11,17-18H,12-13H2,1-5H3. The van der Waals surface area contributed by atoms with Gasteiger partial charge in [-0.05, 0) is 69.5 Å². The van der Waals surface area contributed by atoms with Gasteiger partial charge in [0.25, 0.3) is 11.8 Å². The molecule has 2 unspecified atom stereocenters. The molecule has 2 amide bonds. The van der Waals surface area contributed by atoms with Crippen LogP contribution in [0.1, 0.15) is 36.1 Å². The Labute approximate surface area is 188 Å². The van der Waals surface area contributed by atoms with Crippen LogP contribution in [0.25, 0.3) is 5.57 Å². The molecule has 162 valence electrons. The van der Waals surface area contributed by atoms with Crippen molar-refractivity contribution in [2.24, 2.45) is 0 Å². The van der Waals surface area contributed by atoms with Gasteiger partial charge in [0.1, 0.15) is 5.70 Å². The summed E-state index contributed by atoms with van der Waals surface area (Å²) in [6.45, 7) is 10.9. The van der Waals surface area contributed by atoms with Gasteiger partial charge in [0.15, 0.2) is 0 Å². The number of hydrogen-bond acceptors (Lipinski definition) is 4. The average molecular weight is 439 g/mol. The first-order valence-electron chi connectivity index (χ1n) is 10.5. The first-order valence-corrected chi connectivity index (χ1v) is 10.9. The Morgan fingerprint density at radius 1 is 0.903 bits per heavy atom. The number of halogens is 1. The summed E-state index contributed by atoms with van der Waals surface area (Å²) in [4.78, 5) is 30.8. The second-order valence-electron chi connectivity index (χ2n) is 8.58. The van der Waals surface area contributed by atoms with Gasteiger partial charge in [-0.2, -0.15) is 0 Å². The highest BCUT2D eigenvalue weighted by Crippen LogP contribution is 2.38. The van der Waals surface area contributed by atoms with Crippen LogP contribution < -0.4 is 4.90 Å². The van der Waals surface area contributed by atoms with Crippen molar-refractivity contribution in [2.75, 3.05) is 18.0 Å². The Hall–Kier alpha value is -2.63. The fourth-order valence-corrected chi connectivity index (χ4v) is 4.82. The molecule has 0 aromatic heterocycles. The molecule has 2 aliphatic rings. The summed E-state index contributed by atoms with van der Waals surface area (Å²) in [5.74, 6) is -0.601. The first kappa shape index (κ1) is 21.6. The summed E-state index contributed by atoms with van der Waals surface area (Å²) in [6, 6.07) is 11.2. The average Bonchev–Trinajstić information content (AvgIpc) is 2.92. The number of aryl methyl sites for hydroxylation is 3. The Morgan fingerprint density at radius 3 is 2.19 bits per heavy atom. The van der Waals surface area contributed by atoms with Gasteiger partial charge in [-0.1, -0.05) is 35.4 Å². The minimum absolute atomic E-state index is 0.0363. The van der Waals surface area contributed by atoms with Gasteiger partial charge in [0.05, 0.1) is 23.5 Å². The first-order chi connectivity index (χ1) is 14.7. The van der Waals surface area contributed by atoms with Crippen LogP contribution >= 0.6 is 11.6 Å². The molecule has 0 N–H and O–H groups in total. The SMILES string of the molecule is Cc1ccc(C2=C(N3CC(C)OC(C)C3)C(=O)N(c3ccc(Cl)cc3C)C2=O)c(C)c1. The Kier molecular flexibility index (Phi) is 5.67. The smallest absolute Gasteiger partial charge is 0.282 e. The molecule has 31 heavy (non-hydrogen) atoms. The van der Waals surface area contributed by atoms with E-state index >= 15 is 0 Å². The third-order valence-corrected chi connectivity index (χ3v) is 6.08. The van der Waals surface area contributed by atoms with E-state index < -0.39 is 0 Å². The van der Waals surface area contributed by atoms with Crippen molar-refractivity contribution in [1.82, 2.24) is 4.90 Å². The van der Waals surface area contributed by atoms with Crippen LogP contribution in [-0.2, 0) is 14.3 Å². The third-order valence-electron chi connectivity index (χ3n) is 5.85. The largest absolute Gasteiger partial charge is 0.372 e. The number of imide groups is 1. The zero-order valence-electron chi connectivity index (χ0n) is 18.5. The lowest BCUT2D eigenvalue weighted by Crippen LogP contribution is -2.47. The molecule has 5 nitrogen and oxygen atoms in total. The van der Waals surface area contributed by atoms with E-state index in [1.54, 1.807) is 18.2 Å². The van der Waals surface area contributed by atoms with Crippen molar-refractivity contribution in [1.29, 1.82) is 0 Å². The van der Waals surface area contributed by atoms with Crippen LogP contribution in [0.15, 0.2) is 42.1 Å². The number of rotatable bonds is 3. The fourth-order valence-electron chi connectivity index (χ4n) is 4.60. The van der Waals surface area contributed by atoms with Crippen LogP contribution in [0.4, 0.5) is 5.69 Å². The number of carbonyl (C=O) groups is 2. The van der Waals surface area contributed by atoms with Crippen molar-refractivity contribution < 1.29 is 14.3 Å². The summed E-state index contributed by atoms with van der Waals surface area (Å²) in [5, 5.41) is 0.568. The molecule has 0 spiro atoms. The Morgan fingerprint density at radius 2 is 1.58 bits per heavy atom. The van der Waals surface area contributed by atoms with E-state index in [4.69, 9.17) is 16.3 Å². The normalized spacial score (nSPS) is 22.0. The maximum Gasteiger partial charge on any atom is 0.282 e. The van der Waals surface area contributed by atoms with E-state index in [0.717, 1.165) is 22.3 Å². The molecule has 2 atom stereocenters. The molecule has 1 saturated heterocycles. The van der Waals surface area contributed by atoms with Crippen LogP contribution in [0.5, 0.6) is 0 Å². The molecule has 4 rings (SSSR count). The maximum atomic E-state index is 13.8. The summed E-state index contributed by atoms with van der Waals surface area (Å²) < 4.78 is 5.87. The highest BCUT2D eigenvalue weighted by molar-refractivity contribution is 6.45. The predicted octanol–water partition coefficient (Wildman–Crippen LogP) is 4.66. The number of anilines is 1. The lowest BCUT2D eigenvalue weighted by molar-refractivity contribution is -0.121. The minimum atomic E-state index is -0.302. The number of nitrogens with zero attached hydrogens (tertiary/aromatic N) is 2. The molecule has 2 heterocycles. The molecule has 0 aliphatic carbocycles. The lowest BCUT2D eigenvalue weighted by Gasteiger charge is -2.37. The van der Waals surface area contributed by atoms with Gasteiger partial charge in [-0.25, -0.2) is 4.90 Å². The summed E-state index contributed by atoms with van der Waals surface area (Å²) in [7, 11) is 0. The molecule has 6 heteroatoms. The van der Waals surface area contributed by atoms with Crippen LogP contribution in [-0.4, -0.2) is 42.0 Å². The summed E-state index contributed by atoms with van der Waals surface area (Å²) in [6.07, 6.45) is -0.0725. The molecule has 2 aromatic rings. The van der Waals surface area contributed by atoms with E-state index in [2.05, 4.69) is 0 Å². The molecular formula is C25H27ClN2O3. The highest BCUT2D eigenvalue weighted by Gasteiger charge is 2.44. The molecule has 0 saturated carbocycles. The predicted molar refractivity (Wildman–Crippen MR) is 123 cm³/mol. The summed E-state index contributed by atoms with van der Waals surface area (Å²) >= 11 is 6.12. The Bertz CT molecular complexity index is 1100. The van der Waals surface area contributed by atoms with Gasteiger partial charge in [0.2, 0.25) is 0 Å². The van der Waals surface area contributed by atoms with Crippen molar-refractivity contribution in [2.45, 2.75) is 46.8 Å². The zero-order chi connectivity index (χ0) is 22.4. The van der Waals surface area contributed by atoms with E-state index in [0.29, 0.717) is 35.1 Å². The number of hydrogen-bond donors (Lipinski definition) is 0. The number of morpholine rings is 1. The second kappa shape index (κ2) is 8.13. The van der Waals surface area contributed by atoms with E-state index in [1.165, 1.54) is 4.90 Å². The lowest BCUT2D eigenvalue weighted by atomic mass is 9.97.